The first-order valence-electron chi connectivity index (χ1n) is 7.08. The summed E-state index contributed by atoms with van der Waals surface area (Å²) in [5.41, 5.74) is 0.706. The van der Waals surface area contributed by atoms with Gasteiger partial charge in [0.15, 0.2) is 6.29 Å². The molecule has 0 unspecified atom stereocenters. The summed E-state index contributed by atoms with van der Waals surface area (Å²) in [6, 6.07) is 1.61. The number of ether oxygens (including phenoxy) is 3. The van der Waals surface area contributed by atoms with Crippen LogP contribution in [0.15, 0.2) is 17.1 Å². The number of rotatable bonds is 6. The molecular weight excluding hydrogens is 274 g/mol. The molecule has 0 saturated carbocycles. The zero-order chi connectivity index (χ0) is 15.2. The standard InChI is InChI=1S/C14H23N3O4/c1-19-12-4-6-16(7-5-12)11-8-13(18)17(15-9-11)10-14(20-2)21-3/h8-9,12,14H,4-7,10H2,1-3H3. The quantitative estimate of drug-likeness (QED) is 0.712. The van der Waals surface area contributed by atoms with Gasteiger partial charge in [-0.1, -0.05) is 0 Å². The molecule has 0 bridgehead atoms. The van der Waals surface area contributed by atoms with Crippen molar-refractivity contribution in [1.82, 2.24) is 9.78 Å². The van der Waals surface area contributed by atoms with Gasteiger partial charge in [-0.05, 0) is 12.8 Å². The van der Waals surface area contributed by atoms with Crippen molar-refractivity contribution < 1.29 is 14.2 Å². The third kappa shape index (κ3) is 4.03. The molecular formula is C14H23N3O4. The Hall–Kier alpha value is -1.44. The predicted octanol–water partition coefficient (Wildman–Crippen LogP) is 0.477. The minimum atomic E-state index is -0.474. The van der Waals surface area contributed by atoms with E-state index in [-0.39, 0.29) is 12.1 Å². The van der Waals surface area contributed by atoms with Crippen molar-refractivity contribution in [3.63, 3.8) is 0 Å². The van der Waals surface area contributed by atoms with Crippen molar-refractivity contribution in [2.75, 3.05) is 39.3 Å². The van der Waals surface area contributed by atoms with Crippen molar-refractivity contribution in [1.29, 1.82) is 0 Å². The molecule has 2 heterocycles. The van der Waals surface area contributed by atoms with Gasteiger partial charge in [0, 0.05) is 40.5 Å². The number of piperidine rings is 1. The van der Waals surface area contributed by atoms with Gasteiger partial charge in [0.05, 0.1) is 24.5 Å². The molecule has 1 aliphatic rings. The van der Waals surface area contributed by atoms with Gasteiger partial charge in [-0.15, -0.1) is 0 Å². The summed E-state index contributed by atoms with van der Waals surface area (Å²) in [5.74, 6) is 0. The van der Waals surface area contributed by atoms with E-state index in [9.17, 15) is 4.79 Å². The van der Waals surface area contributed by atoms with Crippen LogP contribution >= 0.6 is 0 Å². The molecule has 7 nitrogen and oxygen atoms in total. The van der Waals surface area contributed by atoms with Crippen molar-refractivity contribution in [3.8, 4) is 0 Å². The number of nitrogens with zero attached hydrogens (tertiary/aromatic N) is 3. The van der Waals surface area contributed by atoms with E-state index in [0.717, 1.165) is 31.6 Å². The van der Waals surface area contributed by atoms with Crippen molar-refractivity contribution in [2.24, 2.45) is 0 Å². The Morgan fingerprint density at radius 1 is 1.29 bits per heavy atom. The Labute approximate surface area is 124 Å². The van der Waals surface area contributed by atoms with Crippen LogP contribution < -0.4 is 10.5 Å². The van der Waals surface area contributed by atoms with E-state index >= 15 is 0 Å². The molecule has 0 aromatic carbocycles. The van der Waals surface area contributed by atoms with Gasteiger partial charge < -0.3 is 19.1 Å². The highest BCUT2D eigenvalue weighted by molar-refractivity contribution is 5.43. The Morgan fingerprint density at radius 2 is 1.95 bits per heavy atom. The second-order valence-corrected chi connectivity index (χ2v) is 5.06. The highest BCUT2D eigenvalue weighted by Gasteiger charge is 2.20. The Morgan fingerprint density at radius 3 is 2.48 bits per heavy atom. The maximum absolute atomic E-state index is 12.1. The van der Waals surface area contributed by atoms with E-state index in [0.29, 0.717) is 6.10 Å². The number of hydrogen-bond donors (Lipinski definition) is 0. The number of anilines is 1. The van der Waals surface area contributed by atoms with Crippen LogP contribution in [-0.4, -0.2) is 56.6 Å². The fourth-order valence-corrected chi connectivity index (χ4v) is 2.47. The van der Waals surface area contributed by atoms with Gasteiger partial charge in [-0.2, -0.15) is 5.10 Å². The first kappa shape index (κ1) is 15.9. The van der Waals surface area contributed by atoms with Crippen molar-refractivity contribution in [3.05, 3.63) is 22.6 Å². The number of hydrogen-bond acceptors (Lipinski definition) is 6. The molecule has 1 aromatic heterocycles. The average Bonchev–Trinajstić information content (AvgIpc) is 2.54. The van der Waals surface area contributed by atoms with Crippen LogP contribution in [0.25, 0.3) is 0 Å². The van der Waals surface area contributed by atoms with Gasteiger partial charge in [0.1, 0.15) is 0 Å². The van der Waals surface area contributed by atoms with Crippen LogP contribution in [-0.2, 0) is 20.8 Å². The summed E-state index contributed by atoms with van der Waals surface area (Å²) < 4.78 is 16.9. The highest BCUT2D eigenvalue weighted by atomic mass is 16.7. The van der Waals surface area contributed by atoms with Crippen molar-refractivity contribution in [2.45, 2.75) is 31.8 Å². The maximum atomic E-state index is 12.1. The molecule has 1 aliphatic heterocycles. The molecule has 0 N–H and O–H groups in total. The molecule has 0 spiro atoms. The monoisotopic (exact) mass is 297 g/mol. The lowest BCUT2D eigenvalue weighted by molar-refractivity contribution is -0.113. The van der Waals surface area contributed by atoms with Gasteiger partial charge in [0.25, 0.3) is 5.56 Å². The van der Waals surface area contributed by atoms with E-state index in [1.165, 1.54) is 18.9 Å². The van der Waals surface area contributed by atoms with Crippen LogP contribution in [0.3, 0.4) is 0 Å². The Kier molecular flexibility index (Phi) is 5.72. The van der Waals surface area contributed by atoms with Crippen LogP contribution in [0.2, 0.25) is 0 Å². The van der Waals surface area contributed by atoms with Gasteiger partial charge in [-0.3, -0.25) is 4.79 Å². The molecule has 0 aliphatic carbocycles. The smallest absolute Gasteiger partial charge is 0.268 e. The van der Waals surface area contributed by atoms with Gasteiger partial charge in [0.2, 0.25) is 0 Å². The normalized spacial score (nSPS) is 16.7. The topological polar surface area (TPSA) is 65.8 Å². The maximum Gasteiger partial charge on any atom is 0.268 e. The Balaban J connectivity index is 2.04. The Bertz CT molecular complexity index is 493. The average molecular weight is 297 g/mol. The lowest BCUT2D eigenvalue weighted by Crippen LogP contribution is -2.38. The fourth-order valence-electron chi connectivity index (χ4n) is 2.47. The van der Waals surface area contributed by atoms with E-state index in [1.54, 1.807) is 19.4 Å². The molecule has 2 rings (SSSR count). The zero-order valence-corrected chi connectivity index (χ0v) is 12.8. The summed E-state index contributed by atoms with van der Waals surface area (Å²) in [7, 11) is 4.81. The molecule has 1 fully saturated rings. The second-order valence-electron chi connectivity index (χ2n) is 5.06. The van der Waals surface area contributed by atoms with E-state index in [2.05, 4.69) is 10.00 Å². The van der Waals surface area contributed by atoms with Crippen LogP contribution in [0.4, 0.5) is 5.69 Å². The lowest BCUT2D eigenvalue weighted by Gasteiger charge is -2.32. The SMILES string of the molecule is COC1CCN(c2cnn(CC(OC)OC)c(=O)c2)CC1. The minimum Gasteiger partial charge on any atom is -0.381 e. The number of aromatic nitrogens is 2. The predicted molar refractivity (Wildman–Crippen MR) is 78.5 cm³/mol. The summed E-state index contributed by atoms with van der Waals surface area (Å²) in [6.07, 6.45) is 3.50. The highest BCUT2D eigenvalue weighted by Crippen LogP contribution is 2.18. The summed E-state index contributed by atoms with van der Waals surface area (Å²) in [6.45, 7) is 2.03. The zero-order valence-electron chi connectivity index (χ0n) is 12.8. The third-order valence-electron chi connectivity index (χ3n) is 3.84. The molecule has 1 saturated heterocycles. The molecule has 7 heteroatoms. The first-order valence-corrected chi connectivity index (χ1v) is 7.08. The van der Waals surface area contributed by atoms with Gasteiger partial charge in [-0.25, -0.2) is 4.68 Å². The van der Waals surface area contributed by atoms with E-state index in [4.69, 9.17) is 14.2 Å². The summed E-state index contributed by atoms with van der Waals surface area (Å²) in [4.78, 5) is 14.3. The van der Waals surface area contributed by atoms with E-state index < -0.39 is 6.29 Å². The molecule has 0 atom stereocenters. The molecule has 0 amide bonds. The van der Waals surface area contributed by atoms with Crippen LogP contribution in [0, 0.1) is 0 Å². The first-order chi connectivity index (χ1) is 10.2. The van der Waals surface area contributed by atoms with Crippen LogP contribution in [0.1, 0.15) is 12.8 Å². The summed E-state index contributed by atoms with van der Waals surface area (Å²) >= 11 is 0. The molecule has 1 aromatic rings. The molecule has 118 valence electrons. The van der Waals surface area contributed by atoms with Crippen LogP contribution in [0.5, 0.6) is 0 Å². The lowest BCUT2D eigenvalue weighted by atomic mass is 10.1. The molecule has 0 radical (unpaired) electrons. The second kappa shape index (κ2) is 7.53. The van der Waals surface area contributed by atoms with Gasteiger partial charge >= 0.3 is 0 Å². The summed E-state index contributed by atoms with van der Waals surface area (Å²) in [5, 5.41) is 4.20. The molecule has 21 heavy (non-hydrogen) atoms. The minimum absolute atomic E-state index is 0.152. The largest absolute Gasteiger partial charge is 0.381 e. The fraction of sp³-hybridized carbons (Fsp3) is 0.714. The number of methoxy groups -OCH3 is 3. The van der Waals surface area contributed by atoms with E-state index in [1.807, 2.05) is 0 Å². The van der Waals surface area contributed by atoms with Crippen molar-refractivity contribution >= 4 is 5.69 Å². The third-order valence-corrected chi connectivity index (χ3v) is 3.84.